The van der Waals surface area contributed by atoms with Gasteiger partial charge in [-0.15, -0.1) is 0 Å². The molecule has 7 heteroatoms. The number of pyridine rings is 1. The van der Waals surface area contributed by atoms with Gasteiger partial charge in [0.05, 0.1) is 0 Å². The molecule has 0 aromatic carbocycles. The second-order valence-corrected chi connectivity index (χ2v) is 7.91. The van der Waals surface area contributed by atoms with Crippen molar-refractivity contribution in [3.05, 3.63) is 29.0 Å². The van der Waals surface area contributed by atoms with Crippen LogP contribution in [0.3, 0.4) is 0 Å². The predicted molar refractivity (Wildman–Crippen MR) is 97.0 cm³/mol. The van der Waals surface area contributed by atoms with E-state index in [2.05, 4.69) is 15.2 Å². The maximum absolute atomic E-state index is 12.5. The van der Waals surface area contributed by atoms with Crippen LogP contribution in [0.25, 0.3) is 0 Å². The average Bonchev–Trinajstić information content (AvgIpc) is 2.92. The maximum Gasteiger partial charge on any atom is 0.407 e. The van der Waals surface area contributed by atoms with Gasteiger partial charge in [-0.05, 0) is 39.3 Å². The van der Waals surface area contributed by atoms with Crippen molar-refractivity contribution in [3.8, 4) is 0 Å². The first kappa shape index (κ1) is 19.7. The Hall–Kier alpha value is -1.66. The zero-order valence-corrected chi connectivity index (χ0v) is 16.0. The van der Waals surface area contributed by atoms with E-state index in [1.807, 2.05) is 27.7 Å². The summed E-state index contributed by atoms with van der Waals surface area (Å²) in [5.41, 5.74) is 0.0650. The number of aromatic nitrogens is 1. The number of nitrogens with one attached hydrogen (secondary N) is 1. The van der Waals surface area contributed by atoms with Crippen LogP contribution in [-0.2, 0) is 4.74 Å². The summed E-state index contributed by atoms with van der Waals surface area (Å²) >= 11 is 5.76. The van der Waals surface area contributed by atoms with Crippen molar-refractivity contribution in [1.82, 2.24) is 15.2 Å². The molecule has 2 rings (SSSR count). The minimum absolute atomic E-state index is 0.0488. The van der Waals surface area contributed by atoms with Crippen LogP contribution in [0.2, 0.25) is 5.15 Å². The number of alkyl carbamates (subject to hydrolysis) is 1. The summed E-state index contributed by atoms with van der Waals surface area (Å²) in [6.07, 6.45) is 1.97. The predicted octanol–water partition coefficient (Wildman–Crippen LogP) is 3.15. The quantitative estimate of drug-likeness (QED) is 0.639. The van der Waals surface area contributed by atoms with Crippen LogP contribution in [0.15, 0.2) is 18.3 Å². The number of carbonyl (C=O) groups excluding carboxylic acids is 2. The molecule has 1 saturated heterocycles. The van der Waals surface area contributed by atoms with E-state index in [4.69, 9.17) is 16.3 Å². The third-order valence-electron chi connectivity index (χ3n) is 3.98. The smallest absolute Gasteiger partial charge is 0.407 e. The number of ether oxygens (including phenoxy) is 1. The number of nitrogens with zero attached hydrogens (tertiary/aromatic N) is 2. The molecule has 1 aromatic heterocycles. The SMILES string of the molecule is C[C@H](CN1CC[C@H](NC(=O)OC(C)(C)C)C1)C(=O)c1ccc(Cl)nc1. The summed E-state index contributed by atoms with van der Waals surface area (Å²) in [4.78, 5) is 30.4. The summed E-state index contributed by atoms with van der Waals surface area (Å²) < 4.78 is 5.28. The van der Waals surface area contributed by atoms with Crippen molar-refractivity contribution in [2.75, 3.05) is 19.6 Å². The Balaban J connectivity index is 1.81. The van der Waals surface area contributed by atoms with E-state index < -0.39 is 11.7 Å². The highest BCUT2D eigenvalue weighted by molar-refractivity contribution is 6.29. The van der Waals surface area contributed by atoms with Crippen molar-refractivity contribution in [2.24, 2.45) is 5.92 Å². The zero-order chi connectivity index (χ0) is 18.6. The van der Waals surface area contributed by atoms with Crippen LogP contribution in [0.1, 0.15) is 44.5 Å². The minimum atomic E-state index is -0.504. The van der Waals surface area contributed by atoms with Crippen molar-refractivity contribution in [2.45, 2.75) is 45.8 Å². The molecule has 1 aliphatic rings. The first-order valence-corrected chi connectivity index (χ1v) is 8.89. The fourth-order valence-electron chi connectivity index (χ4n) is 2.87. The topological polar surface area (TPSA) is 71.5 Å². The van der Waals surface area contributed by atoms with Gasteiger partial charge in [-0.25, -0.2) is 9.78 Å². The van der Waals surface area contributed by atoms with Crippen LogP contribution in [-0.4, -0.2) is 53.0 Å². The molecule has 0 radical (unpaired) electrons. The van der Waals surface area contributed by atoms with E-state index in [9.17, 15) is 9.59 Å². The van der Waals surface area contributed by atoms with Gasteiger partial charge in [-0.2, -0.15) is 0 Å². The molecule has 2 atom stereocenters. The third kappa shape index (κ3) is 6.29. The van der Waals surface area contributed by atoms with Crippen molar-refractivity contribution < 1.29 is 14.3 Å². The van der Waals surface area contributed by atoms with Gasteiger partial charge < -0.3 is 15.0 Å². The van der Waals surface area contributed by atoms with Crippen molar-refractivity contribution >= 4 is 23.5 Å². The normalized spacial score (nSPS) is 19.5. The van der Waals surface area contributed by atoms with Gasteiger partial charge in [0, 0.05) is 43.4 Å². The van der Waals surface area contributed by atoms with Crippen molar-refractivity contribution in [3.63, 3.8) is 0 Å². The summed E-state index contributed by atoms with van der Waals surface area (Å²) in [7, 11) is 0. The minimum Gasteiger partial charge on any atom is -0.444 e. The van der Waals surface area contributed by atoms with E-state index in [0.717, 1.165) is 19.5 Å². The van der Waals surface area contributed by atoms with Crippen LogP contribution >= 0.6 is 11.6 Å². The van der Waals surface area contributed by atoms with Gasteiger partial charge in [0.2, 0.25) is 0 Å². The fraction of sp³-hybridized carbons (Fsp3) is 0.611. The highest BCUT2D eigenvalue weighted by atomic mass is 35.5. The molecule has 1 aliphatic heterocycles. The molecule has 1 aromatic rings. The van der Waals surface area contributed by atoms with Crippen LogP contribution in [0.5, 0.6) is 0 Å². The maximum atomic E-state index is 12.5. The summed E-state index contributed by atoms with van der Waals surface area (Å²) in [6.45, 7) is 9.64. The Bertz CT molecular complexity index is 613. The third-order valence-corrected chi connectivity index (χ3v) is 4.21. The Morgan fingerprint density at radius 3 is 2.76 bits per heavy atom. The highest BCUT2D eigenvalue weighted by Crippen LogP contribution is 2.16. The molecule has 0 aliphatic carbocycles. The fourth-order valence-corrected chi connectivity index (χ4v) is 2.98. The molecule has 6 nitrogen and oxygen atoms in total. The molecule has 1 N–H and O–H groups in total. The van der Waals surface area contributed by atoms with Gasteiger partial charge in [-0.1, -0.05) is 18.5 Å². The van der Waals surface area contributed by atoms with Gasteiger partial charge in [0.25, 0.3) is 0 Å². The van der Waals surface area contributed by atoms with Gasteiger partial charge in [-0.3, -0.25) is 4.79 Å². The van der Waals surface area contributed by atoms with E-state index in [1.165, 1.54) is 6.20 Å². The summed E-state index contributed by atoms with van der Waals surface area (Å²) in [5, 5.41) is 3.27. The van der Waals surface area contributed by atoms with Gasteiger partial charge >= 0.3 is 6.09 Å². The Kier molecular flexibility index (Phi) is 6.41. The second-order valence-electron chi connectivity index (χ2n) is 7.53. The van der Waals surface area contributed by atoms with Crippen LogP contribution in [0.4, 0.5) is 4.79 Å². The lowest BCUT2D eigenvalue weighted by Gasteiger charge is -2.22. The molecule has 0 bridgehead atoms. The van der Waals surface area contributed by atoms with Crippen LogP contribution in [0, 0.1) is 5.92 Å². The molecule has 0 saturated carbocycles. The molecule has 0 spiro atoms. The van der Waals surface area contributed by atoms with Gasteiger partial charge in [0.15, 0.2) is 5.78 Å². The molecule has 2 heterocycles. The molecule has 1 amide bonds. The number of amides is 1. The lowest BCUT2D eigenvalue weighted by Crippen LogP contribution is -2.41. The number of hydrogen-bond donors (Lipinski definition) is 1. The zero-order valence-electron chi connectivity index (χ0n) is 15.2. The standard InChI is InChI=1S/C18H26ClN3O3/c1-12(16(23)13-5-6-15(19)20-9-13)10-22-8-7-14(11-22)21-17(24)25-18(2,3)4/h5-6,9,12,14H,7-8,10-11H2,1-4H3,(H,21,24)/t12-,14+/m1/s1. The molecule has 0 unspecified atom stereocenters. The highest BCUT2D eigenvalue weighted by Gasteiger charge is 2.28. The number of halogens is 1. The largest absolute Gasteiger partial charge is 0.444 e. The summed E-state index contributed by atoms with van der Waals surface area (Å²) in [5.74, 6) is -0.101. The number of carbonyl (C=O) groups is 2. The molecule has 1 fully saturated rings. The first-order chi connectivity index (χ1) is 11.6. The Morgan fingerprint density at radius 2 is 2.16 bits per heavy atom. The number of hydrogen-bond acceptors (Lipinski definition) is 5. The molecular formula is C18H26ClN3O3. The molecular weight excluding hydrogens is 342 g/mol. The first-order valence-electron chi connectivity index (χ1n) is 8.51. The molecule has 138 valence electrons. The summed E-state index contributed by atoms with van der Waals surface area (Å²) in [6, 6.07) is 3.37. The van der Waals surface area contributed by atoms with Crippen molar-refractivity contribution in [1.29, 1.82) is 0 Å². The van der Waals surface area contributed by atoms with E-state index in [-0.39, 0.29) is 17.7 Å². The lowest BCUT2D eigenvalue weighted by atomic mass is 10.0. The van der Waals surface area contributed by atoms with Crippen LogP contribution < -0.4 is 5.32 Å². The Morgan fingerprint density at radius 1 is 1.44 bits per heavy atom. The second kappa shape index (κ2) is 8.15. The van der Waals surface area contributed by atoms with E-state index >= 15 is 0 Å². The van der Waals surface area contributed by atoms with E-state index in [1.54, 1.807) is 12.1 Å². The number of Topliss-reactive ketones (excluding diaryl/α,β-unsaturated/α-hetero) is 1. The van der Waals surface area contributed by atoms with E-state index in [0.29, 0.717) is 17.3 Å². The average molecular weight is 368 g/mol. The number of ketones is 1. The number of rotatable bonds is 5. The Labute approximate surface area is 153 Å². The monoisotopic (exact) mass is 367 g/mol. The molecule has 25 heavy (non-hydrogen) atoms. The van der Waals surface area contributed by atoms with Gasteiger partial charge in [0.1, 0.15) is 10.8 Å². The number of likely N-dealkylation sites (tertiary alicyclic amines) is 1. The lowest BCUT2D eigenvalue weighted by molar-refractivity contribution is 0.0504.